The Morgan fingerprint density at radius 2 is 1.76 bits per heavy atom. The maximum absolute atomic E-state index is 15.0. The highest BCUT2D eigenvalue weighted by Gasteiger charge is 2.45. The van der Waals surface area contributed by atoms with Gasteiger partial charge in [0, 0.05) is 11.6 Å². The van der Waals surface area contributed by atoms with Crippen molar-refractivity contribution in [2.75, 3.05) is 7.11 Å². The van der Waals surface area contributed by atoms with E-state index in [-0.39, 0.29) is 34.8 Å². The number of benzene rings is 3. The zero-order valence-corrected chi connectivity index (χ0v) is 21.5. The Morgan fingerprint density at radius 3 is 2.41 bits per heavy atom. The Balaban J connectivity index is 1.96. The topological polar surface area (TPSA) is 47.6 Å². The third kappa shape index (κ3) is 6.72. The fourth-order valence-corrected chi connectivity index (χ4v) is 4.66. The van der Waals surface area contributed by atoms with Gasteiger partial charge in [-0.05, 0) is 72.4 Å². The maximum Gasteiger partial charge on any atom is 0.461 e. The lowest BCUT2D eigenvalue weighted by atomic mass is 9.74. The summed E-state index contributed by atoms with van der Waals surface area (Å²) in [6, 6.07) is 10.5. The molecule has 41 heavy (non-hydrogen) atoms. The van der Waals surface area contributed by atoms with Crippen LogP contribution in [0.4, 0.5) is 30.7 Å². The average Bonchev–Trinajstić information content (AvgIpc) is 2.92. The van der Waals surface area contributed by atoms with Gasteiger partial charge in [0.1, 0.15) is 17.4 Å². The van der Waals surface area contributed by atoms with E-state index in [2.05, 4.69) is 10.1 Å². The molecule has 0 aromatic heterocycles. The molecule has 0 saturated heterocycles. The molecule has 0 bridgehead atoms. The molecule has 1 N–H and O–H groups in total. The Morgan fingerprint density at radius 1 is 0.976 bits per heavy atom. The van der Waals surface area contributed by atoms with E-state index in [1.165, 1.54) is 31.4 Å². The van der Waals surface area contributed by atoms with Crippen molar-refractivity contribution in [1.29, 1.82) is 0 Å². The van der Waals surface area contributed by atoms with Crippen molar-refractivity contribution in [1.82, 2.24) is 5.32 Å². The Kier molecular flexibility index (Phi) is 8.74. The highest BCUT2D eigenvalue weighted by Crippen LogP contribution is 2.42. The summed E-state index contributed by atoms with van der Waals surface area (Å²) in [4.78, 5) is 13.6. The number of nitrogens with one attached hydrogen (secondary N) is 1. The standard InChI is InChI=1S/C30H24F7NO3/c1-40-26-15-20(10-11-25(26)33)29(17-18-6-3-2-4-7-18,38-27(39)19-8-5-9-22(31)12-19)21-13-23(32)16-24(14-21)41-30(36,37)28(34)35/h2-6,8-16,18,28H,7,17H2,1H3,(H,38,39)/t18?,29-/m1/s1. The van der Waals surface area contributed by atoms with E-state index in [0.717, 1.165) is 30.3 Å². The fourth-order valence-electron chi connectivity index (χ4n) is 4.66. The van der Waals surface area contributed by atoms with Gasteiger partial charge in [-0.3, -0.25) is 4.79 Å². The SMILES string of the molecule is COc1cc([C@@](CC2C=CC=CC2)(NC(=O)c2cccc(F)c2)c2cc(F)cc(OC(F)(F)C(F)F)c2)ccc1F. The first-order valence-corrected chi connectivity index (χ1v) is 12.3. The molecule has 4 nitrogen and oxygen atoms in total. The van der Waals surface area contributed by atoms with E-state index in [4.69, 9.17) is 4.74 Å². The lowest BCUT2D eigenvalue weighted by Gasteiger charge is -2.39. The van der Waals surface area contributed by atoms with E-state index >= 15 is 0 Å². The fraction of sp³-hybridized carbons (Fsp3) is 0.233. The van der Waals surface area contributed by atoms with Crippen LogP contribution in [0.25, 0.3) is 0 Å². The van der Waals surface area contributed by atoms with Crippen LogP contribution in [-0.4, -0.2) is 25.6 Å². The number of rotatable bonds is 10. The first-order chi connectivity index (χ1) is 19.4. The summed E-state index contributed by atoms with van der Waals surface area (Å²) in [5, 5.41) is 2.77. The highest BCUT2D eigenvalue weighted by molar-refractivity contribution is 5.95. The number of methoxy groups -OCH3 is 1. The Bertz CT molecular complexity index is 1470. The zero-order valence-electron chi connectivity index (χ0n) is 21.5. The molecule has 0 spiro atoms. The zero-order chi connectivity index (χ0) is 29.8. The smallest absolute Gasteiger partial charge is 0.461 e. The van der Waals surface area contributed by atoms with Crippen molar-refractivity contribution in [3.63, 3.8) is 0 Å². The molecule has 0 saturated carbocycles. The molecule has 1 amide bonds. The quantitative estimate of drug-likeness (QED) is 0.253. The Hall–Kier alpha value is -4.28. The number of amides is 1. The number of halogens is 7. The van der Waals surface area contributed by atoms with Crippen molar-refractivity contribution >= 4 is 5.91 Å². The van der Waals surface area contributed by atoms with Crippen molar-refractivity contribution in [3.8, 4) is 11.5 Å². The summed E-state index contributed by atoms with van der Waals surface area (Å²) in [6.45, 7) is 0. The second kappa shape index (κ2) is 12.1. The van der Waals surface area contributed by atoms with Crippen LogP contribution in [0.1, 0.15) is 34.3 Å². The number of allylic oxidation sites excluding steroid dienone is 4. The molecule has 2 atom stereocenters. The van der Waals surface area contributed by atoms with Crippen LogP contribution >= 0.6 is 0 Å². The minimum absolute atomic E-state index is 0.0438. The molecule has 3 aromatic carbocycles. The minimum Gasteiger partial charge on any atom is -0.494 e. The van der Waals surface area contributed by atoms with Crippen LogP contribution in [0.5, 0.6) is 11.5 Å². The highest BCUT2D eigenvalue weighted by atomic mass is 19.3. The van der Waals surface area contributed by atoms with Crippen LogP contribution < -0.4 is 14.8 Å². The summed E-state index contributed by atoms with van der Waals surface area (Å²) < 4.78 is 106. The molecule has 0 aliphatic heterocycles. The molecule has 1 unspecified atom stereocenters. The number of hydrogen-bond acceptors (Lipinski definition) is 3. The molecule has 216 valence electrons. The molecular weight excluding hydrogens is 555 g/mol. The molecule has 3 aromatic rings. The second-order valence-electron chi connectivity index (χ2n) is 9.37. The first-order valence-electron chi connectivity index (χ1n) is 12.3. The summed E-state index contributed by atoms with van der Waals surface area (Å²) >= 11 is 0. The summed E-state index contributed by atoms with van der Waals surface area (Å²) in [7, 11) is 1.20. The van der Waals surface area contributed by atoms with E-state index in [1.807, 2.05) is 6.08 Å². The van der Waals surface area contributed by atoms with Gasteiger partial charge in [-0.1, -0.05) is 36.4 Å². The lowest BCUT2D eigenvalue weighted by molar-refractivity contribution is -0.253. The van der Waals surface area contributed by atoms with Gasteiger partial charge in [0.05, 0.1) is 12.6 Å². The molecule has 1 aliphatic rings. The molecular formula is C30H24F7NO3. The normalized spacial score (nSPS) is 16.4. The average molecular weight is 580 g/mol. The van der Waals surface area contributed by atoms with Crippen LogP contribution in [0.3, 0.4) is 0 Å². The van der Waals surface area contributed by atoms with Gasteiger partial charge in [0.15, 0.2) is 11.6 Å². The van der Waals surface area contributed by atoms with Crippen molar-refractivity contribution in [2.45, 2.75) is 30.9 Å². The maximum atomic E-state index is 15.0. The summed E-state index contributed by atoms with van der Waals surface area (Å²) in [5.41, 5.74) is -1.98. The molecule has 11 heteroatoms. The molecule has 0 radical (unpaired) electrons. The summed E-state index contributed by atoms with van der Waals surface area (Å²) in [6.07, 6.45) is -1.61. The van der Waals surface area contributed by atoms with Gasteiger partial charge in [0.25, 0.3) is 5.91 Å². The third-order valence-corrected chi connectivity index (χ3v) is 6.57. The van der Waals surface area contributed by atoms with Gasteiger partial charge in [-0.25, -0.2) is 13.2 Å². The minimum atomic E-state index is -4.95. The third-order valence-electron chi connectivity index (χ3n) is 6.57. The van der Waals surface area contributed by atoms with Gasteiger partial charge in [-0.15, -0.1) is 0 Å². The van der Waals surface area contributed by atoms with Gasteiger partial charge in [-0.2, -0.15) is 17.6 Å². The van der Waals surface area contributed by atoms with E-state index in [0.29, 0.717) is 12.5 Å². The van der Waals surface area contributed by atoms with Crippen molar-refractivity contribution in [3.05, 3.63) is 119 Å². The number of alkyl halides is 4. The number of carbonyl (C=O) groups excluding carboxylic acids is 1. The predicted octanol–water partition coefficient (Wildman–Crippen LogP) is 7.55. The molecule has 4 rings (SSSR count). The van der Waals surface area contributed by atoms with Gasteiger partial charge in [0.2, 0.25) is 0 Å². The predicted molar refractivity (Wildman–Crippen MR) is 137 cm³/mol. The van der Waals surface area contributed by atoms with Crippen molar-refractivity contribution in [2.24, 2.45) is 5.92 Å². The van der Waals surface area contributed by atoms with Crippen LogP contribution in [0.15, 0.2) is 85.0 Å². The summed E-state index contributed by atoms with van der Waals surface area (Å²) in [5.74, 6) is -4.98. The second-order valence-corrected chi connectivity index (χ2v) is 9.37. The number of ether oxygens (including phenoxy) is 2. The molecule has 0 fully saturated rings. The van der Waals surface area contributed by atoms with Crippen LogP contribution in [0, 0.1) is 23.4 Å². The molecule has 1 aliphatic carbocycles. The number of carbonyl (C=O) groups is 1. The van der Waals surface area contributed by atoms with E-state index < -0.39 is 47.2 Å². The monoisotopic (exact) mass is 579 g/mol. The van der Waals surface area contributed by atoms with E-state index in [1.54, 1.807) is 18.2 Å². The van der Waals surface area contributed by atoms with E-state index in [9.17, 15) is 35.5 Å². The van der Waals surface area contributed by atoms with Gasteiger partial charge < -0.3 is 14.8 Å². The van der Waals surface area contributed by atoms with Gasteiger partial charge >= 0.3 is 12.5 Å². The first kappa shape index (κ1) is 29.7. The van der Waals surface area contributed by atoms with Crippen LogP contribution in [0.2, 0.25) is 0 Å². The largest absolute Gasteiger partial charge is 0.494 e. The number of hydrogen-bond donors (Lipinski definition) is 1. The lowest BCUT2D eigenvalue weighted by Crippen LogP contribution is -2.48. The van der Waals surface area contributed by atoms with Crippen molar-refractivity contribution < 1.29 is 45.0 Å². The molecule has 0 heterocycles. The Labute approximate surface area is 231 Å². The van der Waals surface area contributed by atoms with Crippen LogP contribution in [-0.2, 0) is 5.54 Å².